The van der Waals surface area contributed by atoms with Crippen LogP contribution in [-0.2, 0) is 22.7 Å². The summed E-state index contributed by atoms with van der Waals surface area (Å²) >= 11 is 1.45. The zero-order valence-corrected chi connectivity index (χ0v) is 30.0. The van der Waals surface area contributed by atoms with Gasteiger partial charge in [0.25, 0.3) is 5.91 Å². The lowest BCUT2D eigenvalue weighted by Crippen LogP contribution is -2.50. The second-order valence-corrected chi connectivity index (χ2v) is 15.9. The quantitative estimate of drug-likeness (QED) is 0.109. The van der Waals surface area contributed by atoms with Gasteiger partial charge in [0.05, 0.1) is 34.2 Å². The lowest BCUT2D eigenvalue weighted by molar-refractivity contribution is -0.137. The van der Waals surface area contributed by atoms with E-state index in [-0.39, 0.29) is 31.1 Å². The summed E-state index contributed by atoms with van der Waals surface area (Å²) in [6.07, 6.45) is -3.61. The van der Waals surface area contributed by atoms with Crippen LogP contribution in [0.15, 0.2) is 71.6 Å². The van der Waals surface area contributed by atoms with E-state index in [2.05, 4.69) is 25.9 Å². The van der Waals surface area contributed by atoms with Crippen LogP contribution in [0.25, 0.3) is 11.3 Å². The van der Waals surface area contributed by atoms with Gasteiger partial charge in [-0.15, -0.1) is 11.3 Å². The molecule has 0 unspecified atom stereocenters. The number of benzene rings is 2. The highest BCUT2D eigenvalue weighted by Gasteiger charge is 2.31. The average Bonchev–Trinajstić information content (AvgIpc) is 3.77. The van der Waals surface area contributed by atoms with Gasteiger partial charge < -0.3 is 25.8 Å². The Labute approximate surface area is 299 Å². The molecule has 4 aromatic rings. The highest BCUT2D eigenvalue weighted by Crippen LogP contribution is 2.31. The van der Waals surface area contributed by atoms with Crippen molar-refractivity contribution in [1.82, 2.24) is 20.6 Å². The molecule has 1 saturated carbocycles. The van der Waals surface area contributed by atoms with E-state index in [0.29, 0.717) is 29.6 Å². The number of halogens is 3. The maximum atomic E-state index is 13.8. The molecule has 4 N–H and O–H groups in total. The van der Waals surface area contributed by atoms with Gasteiger partial charge in [0, 0.05) is 43.2 Å². The first kappa shape index (κ1) is 38.0. The van der Waals surface area contributed by atoms with Crippen LogP contribution in [0.5, 0.6) is 5.75 Å². The number of alkyl halides is 3. The van der Waals surface area contributed by atoms with E-state index < -0.39 is 45.1 Å². The Balaban J connectivity index is 1.36. The number of pyridine rings is 1. The van der Waals surface area contributed by atoms with Gasteiger partial charge in [-0.1, -0.05) is 30.3 Å². The third kappa shape index (κ3) is 10.4. The lowest BCUT2D eigenvalue weighted by Gasteiger charge is -2.26. The van der Waals surface area contributed by atoms with Crippen LogP contribution in [0.2, 0.25) is 0 Å². The normalized spacial score (nSPS) is 14.6. The summed E-state index contributed by atoms with van der Waals surface area (Å²) in [5.74, 6) is 0.682. The molecule has 0 aliphatic heterocycles. The SMILES string of the molecule is CC(C)S(=O)(=O)N(C)c1cc(C(=O)N[C@@H](COc2cccc(-c3cscn3)c2)[C@H](O)CNCc2cccc(C(F)(F)F)c2)cc(NCC2CC2)n1. The predicted molar refractivity (Wildman–Crippen MR) is 191 cm³/mol. The number of ether oxygens (including phenoxy) is 1. The molecule has 0 radical (unpaired) electrons. The van der Waals surface area contributed by atoms with Gasteiger partial charge >= 0.3 is 6.18 Å². The number of hydrogen-bond acceptors (Lipinski definition) is 10. The smallest absolute Gasteiger partial charge is 0.416 e. The monoisotopic (exact) mass is 746 g/mol. The Morgan fingerprint density at radius 2 is 1.88 bits per heavy atom. The van der Waals surface area contributed by atoms with Crippen molar-refractivity contribution in [3.63, 3.8) is 0 Å². The summed E-state index contributed by atoms with van der Waals surface area (Å²) in [4.78, 5) is 22.6. The second-order valence-electron chi connectivity index (χ2n) is 12.7. The first-order valence-corrected chi connectivity index (χ1v) is 18.9. The fourth-order valence-electron chi connectivity index (χ4n) is 5.07. The van der Waals surface area contributed by atoms with Crippen LogP contribution in [0.1, 0.15) is 48.2 Å². The van der Waals surface area contributed by atoms with E-state index in [9.17, 15) is 31.5 Å². The van der Waals surface area contributed by atoms with Gasteiger partial charge in [-0.25, -0.2) is 18.4 Å². The maximum Gasteiger partial charge on any atom is 0.416 e. The number of aliphatic hydroxyl groups excluding tert-OH is 1. The first-order valence-electron chi connectivity index (χ1n) is 16.4. The molecule has 1 aliphatic rings. The molecule has 11 nitrogen and oxygen atoms in total. The van der Waals surface area contributed by atoms with Crippen LogP contribution < -0.4 is 25.0 Å². The molecule has 2 heterocycles. The second kappa shape index (κ2) is 16.4. The van der Waals surface area contributed by atoms with Crippen LogP contribution in [0.4, 0.5) is 24.8 Å². The van der Waals surface area contributed by atoms with Gasteiger partial charge in [0.1, 0.15) is 24.0 Å². The molecule has 2 aromatic heterocycles. The molecule has 2 atom stereocenters. The zero-order chi connectivity index (χ0) is 36.8. The van der Waals surface area contributed by atoms with E-state index in [1.54, 1.807) is 43.6 Å². The molecule has 51 heavy (non-hydrogen) atoms. The number of carbonyl (C=O) groups excluding carboxylic acids is 1. The van der Waals surface area contributed by atoms with Gasteiger partial charge in [-0.2, -0.15) is 13.2 Å². The minimum Gasteiger partial charge on any atom is -0.491 e. The molecule has 1 aliphatic carbocycles. The van der Waals surface area contributed by atoms with Crippen LogP contribution in [0, 0.1) is 5.92 Å². The number of carbonyl (C=O) groups is 1. The summed E-state index contributed by atoms with van der Waals surface area (Å²) < 4.78 is 72.8. The Kier molecular flexibility index (Phi) is 12.2. The minimum atomic E-state index is -4.49. The molecule has 16 heteroatoms. The number of aliphatic hydroxyl groups is 1. The fourth-order valence-corrected chi connectivity index (χ4v) is 6.62. The van der Waals surface area contributed by atoms with Crippen molar-refractivity contribution in [2.45, 2.75) is 56.8 Å². The van der Waals surface area contributed by atoms with Crippen LogP contribution in [0.3, 0.4) is 0 Å². The third-order valence-electron chi connectivity index (χ3n) is 8.35. The largest absolute Gasteiger partial charge is 0.491 e. The Morgan fingerprint density at radius 1 is 1.12 bits per heavy atom. The van der Waals surface area contributed by atoms with E-state index in [1.807, 2.05) is 11.4 Å². The average molecular weight is 747 g/mol. The van der Waals surface area contributed by atoms with Crippen LogP contribution >= 0.6 is 11.3 Å². The van der Waals surface area contributed by atoms with Crippen molar-refractivity contribution in [3.8, 4) is 17.0 Å². The highest BCUT2D eigenvalue weighted by atomic mass is 32.2. The Hall–Kier alpha value is -4.25. The maximum absolute atomic E-state index is 13.8. The summed E-state index contributed by atoms with van der Waals surface area (Å²) in [5.41, 5.74) is 2.97. The summed E-state index contributed by atoms with van der Waals surface area (Å²) in [6.45, 7) is 3.46. The van der Waals surface area contributed by atoms with Gasteiger partial charge in [0.2, 0.25) is 10.0 Å². The highest BCUT2D eigenvalue weighted by molar-refractivity contribution is 7.93. The zero-order valence-electron chi connectivity index (χ0n) is 28.4. The first-order chi connectivity index (χ1) is 24.2. The predicted octanol–water partition coefficient (Wildman–Crippen LogP) is 5.55. The molecular weight excluding hydrogens is 706 g/mol. The summed E-state index contributed by atoms with van der Waals surface area (Å²) in [6, 6.07) is 13.9. The van der Waals surface area contributed by atoms with Crippen LogP contribution in [-0.4, -0.2) is 73.5 Å². The topological polar surface area (TPSA) is 146 Å². The Morgan fingerprint density at radius 3 is 2.57 bits per heavy atom. The van der Waals surface area contributed by atoms with Crippen molar-refractivity contribution >= 4 is 38.9 Å². The summed E-state index contributed by atoms with van der Waals surface area (Å²) in [5, 5.41) is 21.5. The molecular formula is C35H41F3N6O5S2. The van der Waals surface area contributed by atoms with Gasteiger partial charge in [-0.05, 0) is 68.5 Å². The number of amides is 1. The third-order valence-corrected chi connectivity index (χ3v) is 11.1. The van der Waals surface area contributed by atoms with Crippen molar-refractivity contribution in [2.24, 2.45) is 5.92 Å². The number of aromatic nitrogens is 2. The van der Waals surface area contributed by atoms with E-state index in [1.165, 1.54) is 36.6 Å². The number of nitrogens with zero attached hydrogens (tertiary/aromatic N) is 3. The molecule has 0 saturated heterocycles. The molecule has 5 rings (SSSR count). The van der Waals surface area contributed by atoms with E-state index in [4.69, 9.17) is 4.74 Å². The van der Waals surface area contributed by atoms with Crippen molar-refractivity contribution < 1.29 is 36.2 Å². The fraction of sp³-hybridized carbons (Fsp3) is 0.400. The lowest BCUT2D eigenvalue weighted by atomic mass is 10.1. The standard InChI is InChI=1S/C35H41F3N6O5S2/c1-22(2)51(47,48)44(3)33-15-26(14-32(43-33)40-17-23-10-11-23)34(46)42-29(19-49-28-9-5-7-25(13-28)30-20-50-21-41-30)31(45)18-39-16-24-6-4-8-27(12-24)35(36,37)38/h4-9,12-15,20-23,29,31,39,45H,10-11,16-19H2,1-3H3,(H,40,43)(H,42,46)/t29-,31+/m0/s1. The van der Waals surface area contributed by atoms with E-state index in [0.717, 1.165) is 40.5 Å². The Bertz CT molecular complexity index is 1890. The summed E-state index contributed by atoms with van der Waals surface area (Å²) in [7, 11) is -2.40. The molecule has 0 bridgehead atoms. The molecule has 274 valence electrons. The molecule has 1 amide bonds. The number of nitrogens with one attached hydrogen (secondary N) is 3. The number of hydrogen-bond donors (Lipinski definition) is 4. The number of thiazole rings is 1. The minimum absolute atomic E-state index is 0.0264. The molecule has 1 fully saturated rings. The van der Waals surface area contributed by atoms with Crippen molar-refractivity contribution in [1.29, 1.82) is 0 Å². The molecule has 0 spiro atoms. The molecule has 2 aromatic carbocycles. The van der Waals surface area contributed by atoms with Crippen molar-refractivity contribution in [2.75, 3.05) is 36.4 Å². The van der Waals surface area contributed by atoms with E-state index >= 15 is 0 Å². The van der Waals surface area contributed by atoms with Gasteiger partial charge in [0.15, 0.2) is 0 Å². The number of rotatable bonds is 17. The number of sulfonamides is 1. The van der Waals surface area contributed by atoms with Gasteiger partial charge in [-0.3, -0.25) is 9.10 Å². The van der Waals surface area contributed by atoms with Crippen molar-refractivity contribution in [3.05, 3.63) is 88.2 Å². The number of anilines is 2.